The Morgan fingerprint density at radius 3 is 2.00 bits per heavy atom. The molecule has 0 aliphatic heterocycles. The quantitative estimate of drug-likeness (QED) is 0.669. The summed E-state index contributed by atoms with van der Waals surface area (Å²) in [4.78, 5) is 21.2. The lowest BCUT2D eigenvalue weighted by Gasteiger charge is -2.23. The van der Waals surface area contributed by atoms with Crippen LogP contribution in [0.25, 0.3) is 0 Å². The van der Waals surface area contributed by atoms with Gasteiger partial charge in [-0.15, -0.1) is 0 Å². The number of carboxylic acid groups (broad SMARTS) is 1. The number of carbonyl (C=O) groups excluding carboxylic acids is 1. The van der Waals surface area contributed by atoms with Crippen molar-refractivity contribution in [3.05, 3.63) is 0 Å². The van der Waals surface area contributed by atoms with Crippen LogP contribution in [0.3, 0.4) is 0 Å². The number of carboxylic acids is 1. The summed E-state index contributed by atoms with van der Waals surface area (Å²) < 4.78 is 17.7. The van der Waals surface area contributed by atoms with Crippen LogP contribution in [0.2, 0.25) is 0 Å². The number of halogens is 1. The Bertz CT molecular complexity index is 244. The molecule has 0 saturated carbocycles. The van der Waals surface area contributed by atoms with Gasteiger partial charge >= 0.3 is 12.1 Å². The average Bonchev–Trinajstić information content (AvgIpc) is 1.79. The standard InChI is InChI=1S/C8H14FNO4/c1-7(2,3)14-6(13)10-8(4,9)5(11)12/h1-4H3,(H,10,13)(H,11,12)/t8-/m1/s1. The fourth-order valence-corrected chi connectivity index (χ4v) is 0.549. The monoisotopic (exact) mass is 207 g/mol. The molecule has 1 atom stereocenters. The molecule has 0 aliphatic rings. The normalized spacial score (nSPS) is 15.5. The maximum atomic E-state index is 13.0. The summed E-state index contributed by atoms with van der Waals surface area (Å²) >= 11 is 0. The molecular weight excluding hydrogens is 193 g/mol. The number of carbonyl (C=O) groups is 2. The molecule has 0 spiro atoms. The lowest BCUT2D eigenvalue weighted by Crippen LogP contribution is -2.50. The SMILES string of the molecule is CC(C)(C)OC(=O)N[C@@](C)(F)C(=O)O. The van der Waals surface area contributed by atoms with Gasteiger partial charge in [-0.2, -0.15) is 0 Å². The highest BCUT2D eigenvalue weighted by molar-refractivity contribution is 5.82. The van der Waals surface area contributed by atoms with Gasteiger partial charge in [0, 0.05) is 0 Å². The predicted molar refractivity (Wildman–Crippen MR) is 46.5 cm³/mol. The van der Waals surface area contributed by atoms with Crippen molar-refractivity contribution in [2.45, 2.75) is 39.1 Å². The Morgan fingerprint density at radius 2 is 1.71 bits per heavy atom. The van der Waals surface area contributed by atoms with Gasteiger partial charge in [0.15, 0.2) is 0 Å². The molecule has 0 rings (SSSR count). The van der Waals surface area contributed by atoms with E-state index < -0.39 is 23.5 Å². The smallest absolute Gasteiger partial charge is 0.410 e. The van der Waals surface area contributed by atoms with Crippen LogP contribution in [0.4, 0.5) is 9.18 Å². The highest BCUT2D eigenvalue weighted by atomic mass is 19.1. The topological polar surface area (TPSA) is 75.6 Å². The van der Waals surface area contributed by atoms with Gasteiger partial charge in [-0.25, -0.2) is 14.0 Å². The van der Waals surface area contributed by atoms with Crippen molar-refractivity contribution in [1.82, 2.24) is 5.32 Å². The zero-order valence-corrected chi connectivity index (χ0v) is 8.55. The van der Waals surface area contributed by atoms with Crippen molar-refractivity contribution >= 4 is 12.1 Å². The third kappa shape index (κ3) is 4.64. The van der Waals surface area contributed by atoms with Crippen LogP contribution in [0.5, 0.6) is 0 Å². The first kappa shape index (κ1) is 12.7. The van der Waals surface area contributed by atoms with Crippen LogP contribution in [0.15, 0.2) is 0 Å². The number of hydrogen-bond donors (Lipinski definition) is 2. The minimum absolute atomic E-state index is 0.721. The van der Waals surface area contributed by atoms with Crippen molar-refractivity contribution in [1.29, 1.82) is 0 Å². The maximum absolute atomic E-state index is 13.0. The van der Waals surface area contributed by atoms with E-state index in [-0.39, 0.29) is 0 Å². The molecular formula is C8H14FNO4. The highest BCUT2D eigenvalue weighted by Crippen LogP contribution is 2.10. The number of alkyl carbamates (subject to hydrolysis) is 1. The Morgan fingerprint density at radius 1 is 1.29 bits per heavy atom. The van der Waals surface area contributed by atoms with Gasteiger partial charge in [-0.3, -0.25) is 5.32 Å². The Labute approximate surface area is 81.2 Å². The van der Waals surface area contributed by atoms with Crippen molar-refractivity contribution in [3.63, 3.8) is 0 Å². The molecule has 0 unspecified atom stereocenters. The van der Waals surface area contributed by atoms with Crippen molar-refractivity contribution in [2.75, 3.05) is 0 Å². The van der Waals surface area contributed by atoms with E-state index in [0.29, 0.717) is 0 Å². The molecule has 0 saturated heterocycles. The van der Waals surface area contributed by atoms with Crippen molar-refractivity contribution < 1.29 is 23.8 Å². The summed E-state index contributed by atoms with van der Waals surface area (Å²) in [7, 11) is 0. The summed E-state index contributed by atoms with van der Waals surface area (Å²) in [6.45, 7) is 5.48. The van der Waals surface area contributed by atoms with Crippen molar-refractivity contribution in [3.8, 4) is 0 Å². The second-order valence-corrected chi connectivity index (χ2v) is 3.94. The van der Waals surface area contributed by atoms with E-state index >= 15 is 0 Å². The number of alkyl halides is 1. The first-order valence-electron chi connectivity index (χ1n) is 3.98. The molecule has 0 heterocycles. The van der Waals surface area contributed by atoms with Crippen LogP contribution < -0.4 is 5.32 Å². The van der Waals surface area contributed by atoms with Crippen LogP contribution in [-0.2, 0) is 9.53 Å². The molecule has 0 aromatic rings. The van der Waals surface area contributed by atoms with Gasteiger partial charge in [-0.1, -0.05) is 0 Å². The predicted octanol–water partition coefficient (Wildman–Crippen LogP) is 1.28. The van der Waals surface area contributed by atoms with Crippen LogP contribution >= 0.6 is 0 Å². The second-order valence-electron chi connectivity index (χ2n) is 3.94. The number of aliphatic carboxylic acids is 1. The molecule has 0 bridgehead atoms. The summed E-state index contributed by atoms with van der Waals surface area (Å²) in [6.07, 6.45) is -1.11. The minimum Gasteiger partial charge on any atom is -0.477 e. The number of hydrogen-bond acceptors (Lipinski definition) is 3. The van der Waals surface area contributed by atoms with Gasteiger partial charge in [0.05, 0.1) is 0 Å². The molecule has 6 heteroatoms. The van der Waals surface area contributed by atoms with Crippen LogP contribution in [0, 0.1) is 0 Å². The second kappa shape index (κ2) is 3.81. The van der Waals surface area contributed by atoms with Gasteiger partial charge < -0.3 is 9.84 Å². The van der Waals surface area contributed by atoms with E-state index in [1.807, 2.05) is 0 Å². The van der Waals surface area contributed by atoms with E-state index in [1.54, 1.807) is 26.1 Å². The average molecular weight is 207 g/mol. The summed E-state index contributed by atoms with van der Waals surface area (Å²) in [5.74, 6) is -4.59. The van der Waals surface area contributed by atoms with E-state index in [9.17, 15) is 14.0 Å². The van der Waals surface area contributed by atoms with Gasteiger partial charge in [0.1, 0.15) is 5.60 Å². The van der Waals surface area contributed by atoms with Gasteiger partial charge in [0.25, 0.3) is 5.79 Å². The summed E-state index contributed by atoms with van der Waals surface area (Å²) in [5.41, 5.74) is -0.793. The van der Waals surface area contributed by atoms with Crippen LogP contribution in [-0.4, -0.2) is 28.6 Å². The first-order valence-corrected chi connectivity index (χ1v) is 3.98. The molecule has 82 valence electrons. The molecule has 0 radical (unpaired) electrons. The van der Waals surface area contributed by atoms with E-state index in [4.69, 9.17) is 5.11 Å². The Kier molecular flexibility index (Phi) is 3.45. The van der Waals surface area contributed by atoms with E-state index in [0.717, 1.165) is 6.92 Å². The lowest BCUT2D eigenvalue weighted by molar-refractivity contribution is -0.151. The molecule has 1 amide bonds. The van der Waals surface area contributed by atoms with E-state index in [1.165, 1.54) is 0 Å². The zero-order valence-electron chi connectivity index (χ0n) is 8.55. The summed E-state index contributed by atoms with van der Waals surface area (Å²) in [5, 5.41) is 9.93. The number of ether oxygens (including phenoxy) is 1. The fourth-order valence-electron chi connectivity index (χ4n) is 0.549. The Balaban J connectivity index is 4.27. The first-order chi connectivity index (χ1) is 6.04. The molecule has 14 heavy (non-hydrogen) atoms. The minimum atomic E-state index is -2.82. The van der Waals surface area contributed by atoms with E-state index in [2.05, 4.69) is 4.74 Å². The number of nitrogens with one attached hydrogen (secondary N) is 1. The Hall–Kier alpha value is -1.33. The molecule has 0 aromatic carbocycles. The van der Waals surface area contributed by atoms with Gasteiger partial charge in [-0.05, 0) is 27.7 Å². The third-order valence-corrected chi connectivity index (χ3v) is 1.14. The number of rotatable bonds is 2. The molecule has 5 nitrogen and oxygen atoms in total. The van der Waals surface area contributed by atoms with Crippen LogP contribution in [0.1, 0.15) is 27.7 Å². The fraction of sp³-hybridized carbons (Fsp3) is 0.750. The largest absolute Gasteiger partial charge is 0.477 e. The third-order valence-electron chi connectivity index (χ3n) is 1.14. The molecule has 0 aromatic heterocycles. The van der Waals surface area contributed by atoms with Gasteiger partial charge in [0.2, 0.25) is 0 Å². The maximum Gasteiger partial charge on any atom is 0.410 e. The summed E-state index contributed by atoms with van der Waals surface area (Å²) in [6, 6.07) is 0. The molecule has 2 N–H and O–H groups in total. The highest BCUT2D eigenvalue weighted by Gasteiger charge is 2.36. The zero-order chi connectivity index (χ0) is 11.6. The lowest BCUT2D eigenvalue weighted by atomic mass is 10.2. The van der Waals surface area contributed by atoms with Crippen molar-refractivity contribution in [2.24, 2.45) is 0 Å². The molecule has 0 fully saturated rings. The molecule has 0 aliphatic carbocycles. The number of amides is 1.